The second-order valence-electron chi connectivity index (χ2n) is 5.38. The molecule has 3 rings (SSSR count). The van der Waals surface area contributed by atoms with Gasteiger partial charge in [-0.2, -0.15) is 9.48 Å². The fourth-order valence-corrected chi connectivity index (χ4v) is 2.56. The summed E-state index contributed by atoms with van der Waals surface area (Å²) < 4.78 is 0.00201. The highest BCUT2D eigenvalue weighted by molar-refractivity contribution is 6.01. The van der Waals surface area contributed by atoms with E-state index >= 15 is 0 Å². The number of carbonyl (C=O) groups is 1. The van der Waals surface area contributed by atoms with Crippen molar-refractivity contribution < 1.29 is 9.28 Å². The van der Waals surface area contributed by atoms with E-state index in [-0.39, 0.29) is 22.8 Å². The Kier molecular flexibility index (Phi) is 4.63. The van der Waals surface area contributed by atoms with Crippen molar-refractivity contribution in [1.29, 1.82) is 0 Å². The molecule has 3 N–H and O–H groups in total. The van der Waals surface area contributed by atoms with Crippen LogP contribution >= 0.6 is 12.4 Å². The minimum absolute atomic E-state index is 0. The van der Waals surface area contributed by atoms with Crippen LogP contribution in [0, 0.1) is 0 Å². The summed E-state index contributed by atoms with van der Waals surface area (Å²) >= 11 is 0. The molecular formula is C15H19ClN5O+. The van der Waals surface area contributed by atoms with Gasteiger partial charge >= 0.3 is 11.9 Å². The minimum Gasteiger partial charge on any atom is -0.337 e. The quantitative estimate of drug-likeness (QED) is 0.845. The number of quaternary nitrogens is 1. The summed E-state index contributed by atoms with van der Waals surface area (Å²) in [5.74, 6) is 0.604. The Morgan fingerprint density at radius 2 is 2.00 bits per heavy atom. The molecule has 0 spiro atoms. The molecule has 0 bridgehead atoms. The van der Waals surface area contributed by atoms with Gasteiger partial charge in [0.05, 0.1) is 19.9 Å². The number of nitrogens with one attached hydrogen (secondary N) is 1. The van der Waals surface area contributed by atoms with Gasteiger partial charge in [-0.05, 0) is 12.0 Å². The zero-order chi connectivity index (χ0) is 14.9. The number of hydrogen-bond donors (Lipinski definition) is 2. The van der Waals surface area contributed by atoms with Crippen molar-refractivity contribution in [2.75, 3.05) is 13.6 Å². The summed E-state index contributed by atoms with van der Waals surface area (Å²) in [6, 6.07) is 10.2. The third-order valence-corrected chi connectivity index (χ3v) is 3.92. The fraction of sp³-hybridized carbons (Fsp3) is 0.267. The van der Waals surface area contributed by atoms with Crippen LogP contribution in [0.5, 0.6) is 0 Å². The lowest BCUT2D eigenvalue weighted by molar-refractivity contribution is -0.736. The average molecular weight is 321 g/mol. The lowest BCUT2D eigenvalue weighted by atomic mass is 10.1. The van der Waals surface area contributed by atoms with Gasteiger partial charge in [0.1, 0.15) is 0 Å². The Morgan fingerprint density at radius 3 is 2.73 bits per heavy atom. The lowest BCUT2D eigenvalue weighted by Gasteiger charge is -2.31. The molecule has 116 valence electrons. The summed E-state index contributed by atoms with van der Waals surface area (Å²) in [6.07, 6.45) is 3.23. The number of guanidine groups is 1. The Balaban J connectivity index is 0.00000176. The highest BCUT2D eigenvalue weighted by Crippen LogP contribution is 2.25. The molecule has 6 nitrogen and oxygen atoms in total. The van der Waals surface area contributed by atoms with Crippen LogP contribution in [0.1, 0.15) is 22.5 Å². The number of aromatic amines is 1. The molecule has 1 unspecified atom stereocenters. The van der Waals surface area contributed by atoms with Crippen LogP contribution in [-0.2, 0) is 6.42 Å². The van der Waals surface area contributed by atoms with E-state index in [1.165, 1.54) is 11.9 Å². The molecule has 0 radical (unpaired) electrons. The number of aryl methyl sites for hydroxylation is 1. The van der Waals surface area contributed by atoms with Gasteiger partial charge in [0.25, 0.3) is 0 Å². The standard InChI is InChI=1S/C15H17N5O.ClH/c1-20(9-5-8-11-6-3-2-4-7-11)14(21)12-13(18-10-17-12)19-15(20)16;/h2-4,6-7,10H,5,8-9H2,1H3,(H2-,16,17,18,19,21);1H/p+1. The van der Waals surface area contributed by atoms with Crippen molar-refractivity contribution in [3.63, 3.8) is 0 Å². The second kappa shape index (κ2) is 6.29. The molecule has 7 heteroatoms. The molecule has 1 aromatic carbocycles. The van der Waals surface area contributed by atoms with Gasteiger partial charge in [0.2, 0.25) is 0 Å². The number of benzene rings is 1. The number of amides is 1. The predicted octanol–water partition coefficient (Wildman–Crippen LogP) is 2.01. The molecular weight excluding hydrogens is 302 g/mol. The summed E-state index contributed by atoms with van der Waals surface area (Å²) in [7, 11) is 1.80. The van der Waals surface area contributed by atoms with Crippen molar-refractivity contribution in [1.82, 2.24) is 9.97 Å². The highest BCUT2D eigenvalue weighted by atomic mass is 35.5. The van der Waals surface area contributed by atoms with Crippen LogP contribution in [0.2, 0.25) is 0 Å². The number of rotatable bonds is 4. The van der Waals surface area contributed by atoms with Gasteiger partial charge in [0.15, 0.2) is 11.5 Å². The highest BCUT2D eigenvalue weighted by Gasteiger charge is 2.43. The first-order chi connectivity index (χ1) is 10.1. The SMILES string of the molecule is C[N+]1(CCCc2ccccc2)C(=O)c2[nH]cnc2N=C1N.Cl. The molecule has 22 heavy (non-hydrogen) atoms. The van der Waals surface area contributed by atoms with Crippen molar-refractivity contribution in [2.45, 2.75) is 12.8 Å². The van der Waals surface area contributed by atoms with E-state index in [1.54, 1.807) is 7.05 Å². The number of imidazole rings is 1. The van der Waals surface area contributed by atoms with Gasteiger partial charge in [0, 0.05) is 6.42 Å². The van der Waals surface area contributed by atoms with Crippen LogP contribution in [0.4, 0.5) is 5.82 Å². The Labute approximate surface area is 135 Å². The molecule has 2 heterocycles. The summed E-state index contributed by atoms with van der Waals surface area (Å²) in [6.45, 7) is 0.613. The molecule has 1 amide bonds. The lowest BCUT2D eigenvalue weighted by Crippen LogP contribution is -2.59. The van der Waals surface area contributed by atoms with Crippen molar-refractivity contribution in [3.05, 3.63) is 47.9 Å². The first-order valence-corrected chi connectivity index (χ1v) is 6.94. The average Bonchev–Trinajstić information content (AvgIpc) is 2.95. The van der Waals surface area contributed by atoms with Crippen LogP contribution in [-0.4, -0.2) is 39.9 Å². The largest absolute Gasteiger partial charge is 0.373 e. The number of nitrogens with zero attached hydrogens (tertiary/aromatic N) is 3. The van der Waals surface area contributed by atoms with E-state index in [0.29, 0.717) is 24.0 Å². The third kappa shape index (κ3) is 2.75. The van der Waals surface area contributed by atoms with Gasteiger partial charge in [-0.3, -0.25) is 0 Å². The number of aromatic nitrogens is 2. The number of halogens is 1. The topological polar surface area (TPSA) is 84.1 Å². The smallest absolute Gasteiger partial charge is 0.337 e. The van der Waals surface area contributed by atoms with E-state index in [2.05, 4.69) is 27.1 Å². The summed E-state index contributed by atoms with van der Waals surface area (Å²) in [5, 5.41) is 0. The van der Waals surface area contributed by atoms with Gasteiger partial charge < -0.3 is 10.7 Å². The second-order valence-corrected chi connectivity index (χ2v) is 5.38. The van der Waals surface area contributed by atoms with Crippen molar-refractivity contribution >= 4 is 30.1 Å². The minimum atomic E-state index is -0.0805. The predicted molar refractivity (Wildman–Crippen MR) is 87.3 cm³/mol. The number of carbonyl (C=O) groups excluding carboxylic acids is 1. The molecule has 0 aliphatic carbocycles. The molecule has 0 saturated carbocycles. The Morgan fingerprint density at radius 1 is 1.27 bits per heavy atom. The van der Waals surface area contributed by atoms with E-state index in [4.69, 9.17) is 5.73 Å². The number of aliphatic imine (C=N–C) groups is 1. The first kappa shape index (κ1) is 16.2. The molecule has 0 saturated heterocycles. The van der Waals surface area contributed by atoms with Crippen molar-refractivity contribution in [2.24, 2.45) is 10.7 Å². The Hall–Kier alpha value is -2.18. The van der Waals surface area contributed by atoms with Crippen molar-refractivity contribution in [3.8, 4) is 0 Å². The van der Waals surface area contributed by atoms with E-state index in [1.807, 2.05) is 18.2 Å². The zero-order valence-corrected chi connectivity index (χ0v) is 13.1. The third-order valence-electron chi connectivity index (χ3n) is 3.92. The normalized spacial score (nSPS) is 20.0. The number of hydrogen-bond acceptors (Lipinski definition) is 4. The fourth-order valence-electron chi connectivity index (χ4n) is 2.56. The summed E-state index contributed by atoms with van der Waals surface area (Å²) in [5.41, 5.74) is 7.70. The molecule has 2 aromatic rings. The number of fused-ring (bicyclic) bond motifs is 1. The molecule has 1 atom stereocenters. The zero-order valence-electron chi connectivity index (χ0n) is 12.3. The number of nitrogens with two attached hydrogens (primary N) is 1. The van der Waals surface area contributed by atoms with E-state index in [0.717, 1.165) is 12.8 Å². The maximum absolute atomic E-state index is 12.6. The van der Waals surface area contributed by atoms with Gasteiger partial charge in [-0.1, -0.05) is 30.3 Å². The monoisotopic (exact) mass is 320 g/mol. The van der Waals surface area contributed by atoms with E-state index in [9.17, 15) is 4.79 Å². The maximum Gasteiger partial charge on any atom is 0.373 e. The first-order valence-electron chi connectivity index (χ1n) is 6.94. The van der Waals surface area contributed by atoms with Gasteiger partial charge in [-0.25, -0.2) is 9.78 Å². The van der Waals surface area contributed by atoms with Crippen LogP contribution in [0.15, 0.2) is 41.7 Å². The van der Waals surface area contributed by atoms with E-state index < -0.39 is 0 Å². The maximum atomic E-state index is 12.6. The Bertz CT molecular complexity index is 697. The van der Waals surface area contributed by atoms with Gasteiger partial charge in [-0.15, -0.1) is 12.4 Å². The van der Waals surface area contributed by atoms with Crippen LogP contribution < -0.4 is 5.73 Å². The van der Waals surface area contributed by atoms with Crippen LogP contribution in [0.3, 0.4) is 0 Å². The van der Waals surface area contributed by atoms with Crippen LogP contribution in [0.25, 0.3) is 0 Å². The molecule has 1 aromatic heterocycles. The summed E-state index contributed by atoms with van der Waals surface area (Å²) in [4.78, 5) is 23.7. The molecule has 0 fully saturated rings. The molecule has 1 aliphatic heterocycles. The number of H-pyrrole nitrogens is 1. The molecule has 1 aliphatic rings.